The van der Waals surface area contributed by atoms with Crippen molar-refractivity contribution < 1.29 is 19.0 Å². The Labute approximate surface area is 154 Å². The second-order valence-corrected chi connectivity index (χ2v) is 6.46. The van der Waals surface area contributed by atoms with Crippen LogP contribution in [0.25, 0.3) is 0 Å². The van der Waals surface area contributed by atoms with Gasteiger partial charge in [-0.15, -0.1) is 0 Å². The van der Waals surface area contributed by atoms with Crippen LogP contribution in [-0.2, 0) is 4.79 Å². The van der Waals surface area contributed by atoms with Crippen molar-refractivity contribution in [3.05, 3.63) is 53.6 Å². The summed E-state index contributed by atoms with van der Waals surface area (Å²) in [6, 6.07) is 13.3. The summed E-state index contributed by atoms with van der Waals surface area (Å²) in [7, 11) is 0. The summed E-state index contributed by atoms with van der Waals surface area (Å²) >= 11 is 0. The van der Waals surface area contributed by atoms with Crippen molar-refractivity contribution in [2.45, 2.75) is 39.3 Å². The maximum absolute atomic E-state index is 12.6. The lowest BCUT2D eigenvalue weighted by Crippen LogP contribution is -2.39. The highest BCUT2D eigenvalue weighted by Gasteiger charge is 2.22. The molecule has 2 aromatic rings. The van der Waals surface area contributed by atoms with Gasteiger partial charge in [-0.1, -0.05) is 30.7 Å². The first kappa shape index (κ1) is 18.1. The molecule has 0 fully saturated rings. The fraction of sp³-hybridized carbons (Fsp3) is 0.381. The van der Waals surface area contributed by atoms with Crippen LogP contribution in [-0.4, -0.2) is 25.2 Å². The first-order chi connectivity index (χ1) is 12.6. The number of carbonyl (C=O) groups excluding carboxylic acids is 1. The van der Waals surface area contributed by atoms with E-state index in [0.717, 1.165) is 22.6 Å². The zero-order chi connectivity index (χ0) is 18.5. The van der Waals surface area contributed by atoms with E-state index in [1.165, 1.54) is 0 Å². The number of hydrogen-bond donors (Lipinski definition) is 1. The van der Waals surface area contributed by atoms with Crippen molar-refractivity contribution in [2.75, 3.05) is 13.2 Å². The van der Waals surface area contributed by atoms with Gasteiger partial charge in [-0.05, 0) is 50.1 Å². The Morgan fingerprint density at radius 2 is 1.81 bits per heavy atom. The normalized spacial score (nSPS) is 15.0. The molecular formula is C21H25NO4. The molecule has 1 heterocycles. The lowest BCUT2D eigenvalue weighted by Gasteiger charge is -2.23. The summed E-state index contributed by atoms with van der Waals surface area (Å²) in [4.78, 5) is 12.6. The molecular weight excluding hydrogens is 330 g/mol. The Morgan fingerprint density at radius 3 is 2.50 bits per heavy atom. The molecule has 2 aromatic carbocycles. The monoisotopic (exact) mass is 355 g/mol. The Bertz CT molecular complexity index is 757. The van der Waals surface area contributed by atoms with Crippen molar-refractivity contribution in [3.8, 4) is 17.2 Å². The molecule has 1 amide bonds. The van der Waals surface area contributed by atoms with E-state index in [1.54, 1.807) is 0 Å². The highest BCUT2D eigenvalue weighted by atomic mass is 16.6. The number of nitrogens with one attached hydrogen (secondary N) is 1. The summed E-state index contributed by atoms with van der Waals surface area (Å²) in [6.45, 7) is 7.00. The van der Waals surface area contributed by atoms with Gasteiger partial charge in [0, 0.05) is 0 Å². The Morgan fingerprint density at radius 1 is 1.12 bits per heavy atom. The third-order valence-electron chi connectivity index (χ3n) is 4.39. The van der Waals surface area contributed by atoms with Gasteiger partial charge in [-0.3, -0.25) is 4.79 Å². The number of fused-ring (bicyclic) bond motifs is 1. The molecule has 0 bridgehead atoms. The zero-order valence-electron chi connectivity index (χ0n) is 15.5. The lowest BCUT2D eigenvalue weighted by molar-refractivity contribution is -0.128. The maximum atomic E-state index is 12.6. The second-order valence-electron chi connectivity index (χ2n) is 6.46. The van der Waals surface area contributed by atoms with Crippen LogP contribution in [0, 0.1) is 6.92 Å². The van der Waals surface area contributed by atoms with Crippen molar-refractivity contribution in [3.63, 3.8) is 0 Å². The Kier molecular flexibility index (Phi) is 5.66. The molecule has 26 heavy (non-hydrogen) atoms. The molecule has 1 aliphatic rings. The number of ether oxygens (including phenoxy) is 3. The molecule has 3 rings (SSSR count). The molecule has 5 nitrogen and oxygen atoms in total. The minimum absolute atomic E-state index is 0.129. The average molecular weight is 355 g/mol. The third-order valence-corrected chi connectivity index (χ3v) is 4.39. The Hall–Kier alpha value is -2.69. The molecule has 0 aliphatic carbocycles. The molecule has 0 radical (unpaired) electrons. The fourth-order valence-corrected chi connectivity index (χ4v) is 2.82. The average Bonchev–Trinajstić information content (AvgIpc) is 2.67. The van der Waals surface area contributed by atoms with E-state index >= 15 is 0 Å². The predicted molar refractivity (Wildman–Crippen MR) is 99.9 cm³/mol. The number of aryl methyl sites for hydroxylation is 1. The van der Waals surface area contributed by atoms with Gasteiger partial charge in [0.05, 0.1) is 6.04 Å². The molecule has 5 heteroatoms. The lowest BCUT2D eigenvalue weighted by atomic mass is 10.1. The van der Waals surface area contributed by atoms with Gasteiger partial charge in [-0.2, -0.15) is 0 Å². The minimum atomic E-state index is -0.530. The van der Waals surface area contributed by atoms with Gasteiger partial charge < -0.3 is 19.5 Å². The molecule has 0 saturated carbocycles. The number of carbonyl (C=O) groups is 1. The van der Waals surface area contributed by atoms with E-state index < -0.39 is 6.10 Å². The van der Waals surface area contributed by atoms with Crippen molar-refractivity contribution in [1.29, 1.82) is 0 Å². The maximum Gasteiger partial charge on any atom is 0.261 e. The van der Waals surface area contributed by atoms with Gasteiger partial charge in [0.25, 0.3) is 5.91 Å². The zero-order valence-corrected chi connectivity index (χ0v) is 15.5. The predicted octanol–water partition coefficient (Wildman–Crippen LogP) is 3.80. The van der Waals surface area contributed by atoms with Crippen LogP contribution in [0.3, 0.4) is 0 Å². The minimum Gasteiger partial charge on any atom is -0.486 e. The van der Waals surface area contributed by atoms with Gasteiger partial charge in [0.15, 0.2) is 17.6 Å². The quantitative estimate of drug-likeness (QED) is 0.856. The third kappa shape index (κ3) is 4.28. The molecule has 1 aliphatic heterocycles. The largest absolute Gasteiger partial charge is 0.486 e. The van der Waals surface area contributed by atoms with Gasteiger partial charge in [0.1, 0.15) is 19.0 Å². The van der Waals surface area contributed by atoms with Crippen molar-refractivity contribution in [1.82, 2.24) is 5.32 Å². The molecule has 0 spiro atoms. The molecule has 0 aromatic heterocycles. The highest BCUT2D eigenvalue weighted by molar-refractivity contribution is 5.81. The van der Waals surface area contributed by atoms with Gasteiger partial charge >= 0.3 is 0 Å². The molecule has 138 valence electrons. The van der Waals surface area contributed by atoms with Crippen LogP contribution in [0.2, 0.25) is 0 Å². The number of hydrogen-bond acceptors (Lipinski definition) is 4. The van der Waals surface area contributed by atoms with Crippen LogP contribution in [0.15, 0.2) is 42.5 Å². The van der Waals surface area contributed by atoms with Crippen LogP contribution in [0.4, 0.5) is 0 Å². The van der Waals surface area contributed by atoms with E-state index in [2.05, 4.69) is 5.32 Å². The van der Waals surface area contributed by atoms with Gasteiger partial charge in [0.2, 0.25) is 0 Å². The van der Waals surface area contributed by atoms with Crippen LogP contribution in [0.1, 0.15) is 37.4 Å². The second kappa shape index (κ2) is 8.13. The summed E-state index contributed by atoms with van der Waals surface area (Å²) in [5, 5.41) is 3.03. The van der Waals surface area contributed by atoms with E-state index in [1.807, 2.05) is 63.2 Å². The van der Waals surface area contributed by atoms with Crippen LogP contribution in [0.5, 0.6) is 17.2 Å². The molecule has 1 N–H and O–H groups in total. The Balaban J connectivity index is 1.64. The van der Waals surface area contributed by atoms with E-state index in [0.29, 0.717) is 25.4 Å². The van der Waals surface area contributed by atoms with Crippen molar-refractivity contribution in [2.24, 2.45) is 0 Å². The van der Waals surface area contributed by atoms with Crippen molar-refractivity contribution >= 4 is 5.91 Å². The number of benzene rings is 2. The van der Waals surface area contributed by atoms with E-state index in [9.17, 15) is 4.79 Å². The summed E-state index contributed by atoms with van der Waals surface area (Å²) < 4.78 is 17.0. The van der Waals surface area contributed by atoms with E-state index in [4.69, 9.17) is 14.2 Å². The summed E-state index contributed by atoms with van der Waals surface area (Å²) in [5.41, 5.74) is 2.12. The van der Waals surface area contributed by atoms with Gasteiger partial charge in [-0.25, -0.2) is 0 Å². The SMILES string of the molecule is CCC(Oc1ccc(C)cc1)C(=O)NC(C)c1ccc2c(c1)OCCO2. The molecule has 2 unspecified atom stereocenters. The first-order valence-corrected chi connectivity index (χ1v) is 9.00. The summed E-state index contributed by atoms with van der Waals surface area (Å²) in [5.74, 6) is 2.03. The number of rotatable bonds is 6. The first-order valence-electron chi connectivity index (χ1n) is 9.00. The topological polar surface area (TPSA) is 56.8 Å². The highest BCUT2D eigenvalue weighted by Crippen LogP contribution is 2.32. The van der Waals surface area contributed by atoms with Crippen LogP contribution >= 0.6 is 0 Å². The molecule has 0 saturated heterocycles. The van der Waals surface area contributed by atoms with Crippen LogP contribution < -0.4 is 19.5 Å². The number of amides is 1. The molecule has 2 atom stereocenters. The van der Waals surface area contributed by atoms with E-state index in [-0.39, 0.29) is 11.9 Å². The summed E-state index contributed by atoms with van der Waals surface area (Å²) in [6.07, 6.45) is 0.0606. The smallest absolute Gasteiger partial charge is 0.261 e. The standard InChI is InChI=1S/C21H25NO4/c1-4-18(26-17-8-5-14(2)6-9-17)21(23)22-15(3)16-7-10-19-20(13-16)25-12-11-24-19/h5-10,13,15,18H,4,11-12H2,1-3H3,(H,22,23). The fourth-order valence-electron chi connectivity index (χ4n) is 2.82.